The minimum Gasteiger partial charge on any atom is -0.385 e. The normalized spacial score (nSPS) is 14.0. The first-order chi connectivity index (χ1) is 10.4. The van der Waals surface area contributed by atoms with Crippen LogP contribution >= 0.6 is 0 Å². The van der Waals surface area contributed by atoms with Crippen LogP contribution < -0.4 is 5.32 Å². The van der Waals surface area contributed by atoms with E-state index in [1.807, 2.05) is 18.5 Å². The number of hydrogen-bond donors (Lipinski definition) is 1. The lowest BCUT2D eigenvalue weighted by molar-refractivity contribution is 0.788. The van der Waals surface area contributed by atoms with Gasteiger partial charge in [-0.05, 0) is 37.5 Å². The van der Waals surface area contributed by atoms with Crippen LogP contribution in [-0.2, 0) is 13.0 Å². The van der Waals surface area contributed by atoms with Gasteiger partial charge in [-0.2, -0.15) is 0 Å². The highest BCUT2D eigenvalue weighted by atomic mass is 15.1. The van der Waals surface area contributed by atoms with Crippen LogP contribution in [0.15, 0.2) is 36.7 Å². The Bertz CT molecular complexity index is 804. The Morgan fingerprint density at radius 3 is 3.14 bits per heavy atom. The first-order valence-corrected chi connectivity index (χ1v) is 7.55. The standard InChI is InChI=1S/C17H18N4/c1-2-21-16-8-10-18-11-15(16)20-17(21)13-5-3-7-14-12(13)6-4-9-19-14/h3,5,7-8,10-11,19H,2,4,6,9H2,1H3. The number of benzene rings is 1. The molecule has 0 bridgehead atoms. The Balaban J connectivity index is 1.98. The van der Waals surface area contributed by atoms with Crippen LogP contribution in [0, 0.1) is 0 Å². The van der Waals surface area contributed by atoms with Gasteiger partial charge in [-0.25, -0.2) is 4.98 Å². The highest BCUT2D eigenvalue weighted by molar-refractivity contribution is 5.82. The third-order valence-corrected chi connectivity index (χ3v) is 4.20. The summed E-state index contributed by atoms with van der Waals surface area (Å²) in [4.78, 5) is 9.03. The summed E-state index contributed by atoms with van der Waals surface area (Å²) >= 11 is 0. The number of imidazole rings is 1. The van der Waals surface area contributed by atoms with Gasteiger partial charge >= 0.3 is 0 Å². The second-order valence-electron chi connectivity index (χ2n) is 5.41. The molecule has 0 atom stereocenters. The molecule has 4 rings (SSSR count). The van der Waals surface area contributed by atoms with E-state index in [1.165, 1.54) is 23.2 Å². The zero-order valence-corrected chi connectivity index (χ0v) is 12.1. The van der Waals surface area contributed by atoms with Crippen LogP contribution in [0.3, 0.4) is 0 Å². The predicted octanol–water partition coefficient (Wildman–Crippen LogP) is 3.48. The molecule has 0 unspecified atom stereocenters. The van der Waals surface area contributed by atoms with Gasteiger partial charge in [0, 0.05) is 30.5 Å². The van der Waals surface area contributed by atoms with E-state index in [-0.39, 0.29) is 0 Å². The van der Waals surface area contributed by atoms with Crippen molar-refractivity contribution in [2.45, 2.75) is 26.3 Å². The fourth-order valence-electron chi connectivity index (χ4n) is 3.23. The first kappa shape index (κ1) is 12.4. The van der Waals surface area contributed by atoms with Gasteiger partial charge in [0.25, 0.3) is 0 Å². The summed E-state index contributed by atoms with van der Waals surface area (Å²) in [7, 11) is 0. The number of aryl methyl sites for hydroxylation is 1. The Labute approximate surface area is 123 Å². The van der Waals surface area contributed by atoms with Crippen molar-refractivity contribution in [3.05, 3.63) is 42.2 Å². The molecule has 1 aromatic carbocycles. The number of anilines is 1. The summed E-state index contributed by atoms with van der Waals surface area (Å²) in [6.07, 6.45) is 5.97. The summed E-state index contributed by atoms with van der Waals surface area (Å²) in [5, 5.41) is 3.49. The fourth-order valence-corrected chi connectivity index (χ4v) is 3.23. The molecule has 3 aromatic rings. The Morgan fingerprint density at radius 2 is 2.24 bits per heavy atom. The number of nitrogens with one attached hydrogen (secondary N) is 1. The molecule has 106 valence electrons. The van der Waals surface area contributed by atoms with Crippen molar-refractivity contribution in [1.82, 2.24) is 14.5 Å². The minimum absolute atomic E-state index is 0.910. The highest BCUT2D eigenvalue weighted by Gasteiger charge is 2.18. The van der Waals surface area contributed by atoms with Crippen molar-refractivity contribution in [2.75, 3.05) is 11.9 Å². The number of aromatic nitrogens is 3. The van der Waals surface area contributed by atoms with Crippen molar-refractivity contribution in [3.63, 3.8) is 0 Å². The van der Waals surface area contributed by atoms with Gasteiger partial charge in [-0.1, -0.05) is 12.1 Å². The van der Waals surface area contributed by atoms with Crippen molar-refractivity contribution in [1.29, 1.82) is 0 Å². The summed E-state index contributed by atoms with van der Waals surface area (Å²) < 4.78 is 2.28. The van der Waals surface area contributed by atoms with Gasteiger partial charge in [-0.3, -0.25) is 4.98 Å². The predicted molar refractivity (Wildman–Crippen MR) is 85.4 cm³/mol. The summed E-state index contributed by atoms with van der Waals surface area (Å²) in [6, 6.07) is 8.51. The fraction of sp³-hybridized carbons (Fsp3) is 0.294. The molecule has 0 saturated heterocycles. The van der Waals surface area contributed by atoms with Gasteiger partial charge in [-0.15, -0.1) is 0 Å². The maximum atomic E-state index is 4.83. The lowest BCUT2D eigenvalue weighted by atomic mass is 9.97. The molecule has 0 amide bonds. The van der Waals surface area contributed by atoms with Crippen LogP contribution in [0.2, 0.25) is 0 Å². The van der Waals surface area contributed by atoms with Gasteiger partial charge in [0.2, 0.25) is 0 Å². The van der Waals surface area contributed by atoms with Crippen LogP contribution in [0.4, 0.5) is 5.69 Å². The SMILES string of the molecule is CCn1c(-c2cccc3c2CCCN3)nc2cnccc21. The van der Waals surface area contributed by atoms with E-state index in [9.17, 15) is 0 Å². The van der Waals surface area contributed by atoms with Crippen molar-refractivity contribution >= 4 is 16.7 Å². The van der Waals surface area contributed by atoms with Crippen molar-refractivity contribution in [2.24, 2.45) is 0 Å². The highest BCUT2D eigenvalue weighted by Crippen LogP contribution is 2.33. The van der Waals surface area contributed by atoms with E-state index < -0.39 is 0 Å². The molecule has 0 spiro atoms. The Kier molecular flexibility index (Phi) is 2.88. The molecule has 0 fully saturated rings. The largest absolute Gasteiger partial charge is 0.385 e. The van der Waals surface area contributed by atoms with Gasteiger partial charge in [0.1, 0.15) is 11.3 Å². The minimum atomic E-state index is 0.910. The van der Waals surface area contributed by atoms with Crippen molar-refractivity contribution in [3.8, 4) is 11.4 Å². The van der Waals surface area contributed by atoms with Gasteiger partial charge < -0.3 is 9.88 Å². The number of hydrogen-bond acceptors (Lipinski definition) is 3. The molecule has 21 heavy (non-hydrogen) atoms. The van der Waals surface area contributed by atoms with Gasteiger partial charge in [0.15, 0.2) is 0 Å². The molecule has 3 heterocycles. The topological polar surface area (TPSA) is 42.7 Å². The summed E-state index contributed by atoms with van der Waals surface area (Å²) in [5.41, 5.74) is 6.02. The average molecular weight is 278 g/mol. The van der Waals surface area contributed by atoms with Gasteiger partial charge in [0.05, 0.1) is 11.7 Å². The second-order valence-corrected chi connectivity index (χ2v) is 5.41. The molecule has 0 aliphatic carbocycles. The average Bonchev–Trinajstić information content (AvgIpc) is 2.92. The van der Waals surface area contributed by atoms with Crippen LogP contribution in [-0.4, -0.2) is 21.1 Å². The molecule has 0 saturated carbocycles. The van der Waals surface area contributed by atoms with Crippen LogP contribution in [0.1, 0.15) is 18.9 Å². The Morgan fingerprint density at radius 1 is 1.29 bits per heavy atom. The number of rotatable bonds is 2. The molecule has 4 nitrogen and oxygen atoms in total. The molecule has 1 aliphatic rings. The maximum absolute atomic E-state index is 4.83. The number of pyridine rings is 1. The third-order valence-electron chi connectivity index (χ3n) is 4.20. The first-order valence-electron chi connectivity index (χ1n) is 7.55. The van der Waals surface area contributed by atoms with Crippen LogP contribution in [0.5, 0.6) is 0 Å². The third kappa shape index (κ3) is 1.90. The van der Waals surface area contributed by atoms with E-state index in [4.69, 9.17) is 4.98 Å². The molecular formula is C17H18N4. The number of nitrogens with zero attached hydrogens (tertiary/aromatic N) is 3. The smallest absolute Gasteiger partial charge is 0.141 e. The molecular weight excluding hydrogens is 260 g/mol. The Hall–Kier alpha value is -2.36. The van der Waals surface area contributed by atoms with E-state index >= 15 is 0 Å². The van der Waals surface area contributed by atoms with Crippen molar-refractivity contribution < 1.29 is 0 Å². The van der Waals surface area contributed by atoms with E-state index in [0.717, 1.165) is 36.4 Å². The molecule has 1 N–H and O–H groups in total. The maximum Gasteiger partial charge on any atom is 0.141 e. The quantitative estimate of drug-likeness (QED) is 0.780. The summed E-state index contributed by atoms with van der Waals surface area (Å²) in [6.45, 7) is 4.14. The van der Waals surface area contributed by atoms with E-state index in [2.05, 4.69) is 40.0 Å². The number of fused-ring (bicyclic) bond motifs is 2. The second kappa shape index (κ2) is 4.88. The van der Waals surface area contributed by atoms with Crippen LogP contribution in [0.25, 0.3) is 22.4 Å². The molecule has 2 aromatic heterocycles. The monoisotopic (exact) mass is 278 g/mol. The molecule has 4 heteroatoms. The van der Waals surface area contributed by atoms with E-state index in [0.29, 0.717) is 0 Å². The lowest BCUT2D eigenvalue weighted by Crippen LogP contribution is -2.13. The molecule has 0 radical (unpaired) electrons. The zero-order chi connectivity index (χ0) is 14.2. The zero-order valence-electron chi connectivity index (χ0n) is 12.1. The molecule has 1 aliphatic heterocycles. The summed E-state index contributed by atoms with van der Waals surface area (Å²) in [5.74, 6) is 1.06. The lowest BCUT2D eigenvalue weighted by Gasteiger charge is -2.21. The van der Waals surface area contributed by atoms with E-state index in [1.54, 1.807) is 0 Å².